The van der Waals surface area contributed by atoms with Crippen LogP contribution >= 0.6 is 11.6 Å². The lowest BCUT2D eigenvalue weighted by atomic mass is 10.1. The molecule has 0 radical (unpaired) electrons. The highest BCUT2D eigenvalue weighted by Gasteiger charge is 2.17. The molecule has 6 nitrogen and oxygen atoms in total. The van der Waals surface area contributed by atoms with Gasteiger partial charge in [-0.1, -0.05) is 11.6 Å². The lowest BCUT2D eigenvalue weighted by Gasteiger charge is -2.08. The maximum absolute atomic E-state index is 13.1. The van der Waals surface area contributed by atoms with Crippen molar-refractivity contribution >= 4 is 29.7 Å². The quantitative estimate of drug-likeness (QED) is 0.344. The molecule has 0 saturated carbocycles. The number of primary amides is 1. The topological polar surface area (TPSA) is 105 Å². The Balaban J connectivity index is 2.55. The lowest BCUT2D eigenvalue weighted by Crippen LogP contribution is -2.31. The first-order valence-corrected chi connectivity index (χ1v) is 5.79. The van der Waals surface area contributed by atoms with E-state index in [0.717, 1.165) is 0 Å². The van der Waals surface area contributed by atoms with Gasteiger partial charge in [0.1, 0.15) is 11.6 Å². The third kappa shape index (κ3) is 2.49. The number of hydrogen-bond donors (Lipinski definition) is 3. The SMILES string of the molecule is NC(=O)c1cc(-c2ccc(F)c(Cl)c2)[nH]c1N(N)C=O. The summed E-state index contributed by atoms with van der Waals surface area (Å²) in [7, 11) is 0. The summed E-state index contributed by atoms with van der Waals surface area (Å²) < 4.78 is 13.1. The average molecular weight is 297 g/mol. The van der Waals surface area contributed by atoms with Gasteiger partial charge in [-0.3, -0.25) is 9.59 Å². The van der Waals surface area contributed by atoms with Gasteiger partial charge in [-0.05, 0) is 29.8 Å². The van der Waals surface area contributed by atoms with Crippen LogP contribution in [0.3, 0.4) is 0 Å². The molecule has 2 rings (SSSR count). The summed E-state index contributed by atoms with van der Waals surface area (Å²) in [4.78, 5) is 24.8. The van der Waals surface area contributed by atoms with Crippen molar-refractivity contribution in [2.45, 2.75) is 0 Å². The number of nitrogens with zero attached hydrogens (tertiary/aromatic N) is 1. The van der Waals surface area contributed by atoms with E-state index >= 15 is 0 Å². The van der Waals surface area contributed by atoms with Gasteiger partial charge in [-0.2, -0.15) is 0 Å². The molecule has 1 aromatic heterocycles. The van der Waals surface area contributed by atoms with Crippen LogP contribution in [-0.2, 0) is 4.79 Å². The third-order valence-electron chi connectivity index (χ3n) is 2.66. The highest BCUT2D eigenvalue weighted by Crippen LogP contribution is 2.28. The fourth-order valence-corrected chi connectivity index (χ4v) is 1.89. The van der Waals surface area contributed by atoms with Crippen LogP contribution in [-0.4, -0.2) is 17.3 Å². The number of nitrogens with one attached hydrogen (secondary N) is 1. The standard InChI is InChI=1S/C12H10ClFN4O2/c13-8-3-6(1-2-9(8)14)10-4-7(11(15)20)12(17-10)18(16)5-19/h1-5,17H,16H2,(H2,15,20). The maximum Gasteiger partial charge on any atom is 0.252 e. The van der Waals surface area contributed by atoms with E-state index < -0.39 is 11.7 Å². The number of H-pyrrole nitrogens is 1. The number of benzene rings is 1. The number of aromatic amines is 1. The normalized spacial score (nSPS) is 10.3. The van der Waals surface area contributed by atoms with Gasteiger partial charge in [0.05, 0.1) is 10.6 Å². The number of rotatable bonds is 4. The van der Waals surface area contributed by atoms with Crippen LogP contribution in [0.1, 0.15) is 10.4 Å². The zero-order valence-electron chi connectivity index (χ0n) is 10.1. The second-order valence-electron chi connectivity index (χ2n) is 3.95. The van der Waals surface area contributed by atoms with Crippen molar-refractivity contribution in [2.75, 3.05) is 5.01 Å². The summed E-state index contributed by atoms with van der Waals surface area (Å²) in [5.41, 5.74) is 6.19. The molecular formula is C12H10ClFN4O2. The fraction of sp³-hybridized carbons (Fsp3) is 0. The number of hydrazine groups is 1. The molecule has 2 amide bonds. The molecule has 0 aliphatic carbocycles. The molecule has 5 N–H and O–H groups in total. The summed E-state index contributed by atoms with van der Waals surface area (Å²) in [6.07, 6.45) is 0.319. The molecule has 0 aliphatic rings. The largest absolute Gasteiger partial charge is 0.365 e. The minimum atomic E-state index is -0.756. The van der Waals surface area contributed by atoms with Gasteiger partial charge in [-0.25, -0.2) is 15.2 Å². The van der Waals surface area contributed by atoms with Crippen LogP contribution in [0, 0.1) is 5.82 Å². The predicted octanol–water partition coefficient (Wildman–Crippen LogP) is 1.41. The number of carbonyl (C=O) groups excluding carboxylic acids is 2. The first-order valence-electron chi connectivity index (χ1n) is 5.41. The summed E-state index contributed by atoms with van der Waals surface area (Å²) in [6, 6.07) is 5.43. The Morgan fingerprint density at radius 3 is 2.65 bits per heavy atom. The van der Waals surface area contributed by atoms with E-state index in [9.17, 15) is 14.0 Å². The fourth-order valence-electron chi connectivity index (χ4n) is 1.71. The first-order chi connectivity index (χ1) is 9.43. The van der Waals surface area contributed by atoms with E-state index in [0.29, 0.717) is 22.7 Å². The third-order valence-corrected chi connectivity index (χ3v) is 2.95. The van der Waals surface area contributed by atoms with Crippen molar-refractivity contribution in [3.8, 4) is 11.3 Å². The Kier molecular flexibility index (Phi) is 3.73. The molecule has 0 bridgehead atoms. The van der Waals surface area contributed by atoms with E-state index in [4.69, 9.17) is 23.2 Å². The Labute approximate surface area is 118 Å². The van der Waals surface area contributed by atoms with Crippen molar-refractivity contribution in [2.24, 2.45) is 11.6 Å². The van der Waals surface area contributed by atoms with Crippen LogP contribution in [0.5, 0.6) is 0 Å². The summed E-state index contributed by atoms with van der Waals surface area (Å²) in [6.45, 7) is 0. The van der Waals surface area contributed by atoms with Crippen LogP contribution in [0.15, 0.2) is 24.3 Å². The Hall–Kier alpha value is -2.38. The molecule has 1 aromatic carbocycles. The Morgan fingerprint density at radius 1 is 1.40 bits per heavy atom. The molecule has 1 heterocycles. The van der Waals surface area contributed by atoms with Crippen molar-refractivity contribution in [3.63, 3.8) is 0 Å². The molecule has 0 fully saturated rings. The molecule has 0 unspecified atom stereocenters. The molecule has 8 heteroatoms. The number of nitrogens with two attached hydrogens (primary N) is 2. The van der Waals surface area contributed by atoms with Crippen molar-refractivity contribution < 1.29 is 14.0 Å². The van der Waals surface area contributed by atoms with Crippen LogP contribution in [0.25, 0.3) is 11.3 Å². The van der Waals surface area contributed by atoms with Gasteiger partial charge in [0.2, 0.25) is 6.41 Å². The Bertz CT molecular complexity index is 686. The van der Waals surface area contributed by atoms with Gasteiger partial charge in [0, 0.05) is 5.69 Å². The summed E-state index contributed by atoms with van der Waals surface area (Å²) in [5.74, 6) is 4.14. The van der Waals surface area contributed by atoms with E-state index in [1.54, 1.807) is 0 Å². The minimum absolute atomic E-state index is 0.0371. The van der Waals surface area contributed by atoms with Gasteiger partial charge >= 0.3 is 0 Å². The maximum atomic E-state index is 13.1. The Morgan fingerprint density at radius 2 is 2.10 bits per heavy atom. The summed E-state index contributed by atoms with van der Waals surface area (Å²) in [5, 5.41) is 0.619. The molecular weight excluding hydrogens is 287 g/mol. The number of amides is 2. The van der Waals surface area contributed by atoms with E-state index in [2.05, 4.69) is 4.98 Å². The number of anilines is 1. The lowest BCUT2D eigenvalue weighted by molar-refractivity contribution is -0.107. The number of hydrogen-bond acceptors (Lipinski definition) is 3. The van der Waals surface area contributed by atoms with E-state index in [1.807, 2.05) is 0 Å². The average Bonchev–Trinajstić information content (AvgIpc) is 2.86. The molecule has 0 atom stereocenters. The van der Waals surface area contributed by atoms with Gasteiger partial charge < -0.3 is 10.7 Å². The number of halogens is 2. The van der Waals surface area contributed by atoms with Crippen molar-refractivity contribution in [1.82, 2.24) is 4.98 Å². The molecule has 104 valence electrons. The predicted molar refractivity (Wildman–Crippen MR) is 72.4 cm³/mol. The smallest absolute Gasteiger partial charge is 0.252 e. The monoisotopic (exact) mass is 296 g/mol. The van der Waals surface area contributed by atoms with Crippen molar-refractivity contribution in [3.05, 3.63) is 40.7 Å². The second-order valence-corrected chi connectivity index (χ2v) is 4.36. The second kappa shape index (κ2) is 5.32. The number of aromatic nitrogens is 1. The minimum Gasteiger partial charge on any atom is -0.365 e. The zero-order valence-corrected chi connectivity index (χ0v) is 10.8. The molecule has 0 saturated heterocycles. The van der Waals surface area contributed by atoms with Crippen molar-refractivity contribution in [1.29, 1.82) is 0 Å². The van der Waals surface area contributed by atoms with Gasteiger partial charge in [-0.15, -0.1) is 0 Å². The van der Waals surface area contributed by atoms with Gasteiger partial charge in [0.15, 0.2) is 0 Å². The first kappa shape index (κ1) is 14.0. The van der Waals surface area contributed by atoms with Gasteiger partial charge in [0.25, 0.3) is 5.91 Å². The molecule has 20 heavy (non-hydrogen) atoms. The van der Waals surface area contributed by atoms with E-state index in [-0.39, 0.29) is 16.4 Å². The number of carbonyl (C=O) groups is 2. The van der Waals surface area contributed by atoms with Crippen LogP contribution in [0.2, 0.25) is 5.02 Å². The highest BCUT2D eigenvalue weighted by molar-refractivity contribution is 6.31. The summed E-state index contributed by atoms with van der Waals surface area (Å²) >= 11 is 5.69. The van der Waals surface area contributed by atoms with Crippen LogP contribution < -0.4 is 16.6 Å². The van der Waals surface area contributed by atoms with E-state index in [1.165, 1.54) is 24.3 Å². The highest BCUT2D eigenvalue weighted by atomic mass is 35.5. The van der Waals surface area contributed by atoms with Crippen LogP contribution in [0.4, 0.5) is 10.2 Å². The molecule has 0 spiro atoms. The molecule has 0 aliphatic heterocycles. The molecule has 2 aromatic rings. The zero-order chi connectivity index (χ0) is 14.9.